The van der Waals surface area contributed by atoms with Crippen molar-refractivity contribution in [3.8, 4) is 5.75 Å². The first-order chi connectivity index (χ1) is 6.96. The van der Waals surface area contributed by atoms with Crippen LogP contribution in [0.1, 0.15) is 5.48 Å². The van der Waals surface area contributed by atoms with Gasteiger partial charge in [0.2, 0.25) is 0 Å². The third-order valence-corrected chi connectivity index (χ3v) is 1.57. The third kappa shape index (κ3) is 0.963. The van der Waals surface area contributed by atoms with Crippen LogP contribution in [0.4, 0.5) is 0 Å². The van der Waals surface area contributed by atoms with Gasteiger partial charge in [0.15, 0.2) is 0 Å². The van der Waals surface area contributed by atoms with Gasteiger partial charge in [0.05, 0.1) is 12.5 Å². The molecule has 0 aliphatic heterocycles. The van der Waals surface area contributed by atoms with Gasteiger partial charge in [0.25, 0.3) is 0 Å². The minimum atomic E-state index is -2.52. The quantitative estimate of drug-likeness (QED) is 0.663. The summed E-state index contributed by atoms with van der Waals surface area (Å²) in [6, 6.07) is 4.96. The molecule has 0 radical (unpaired) electrons. The Bertz CT molecular complexity index is 488. The van der Waals surface area contributed by atoms with E-state index in [0.29, 0.717) is 0 Å². The van der Waals surface area contributed by atoms with Gasteiger partial charge in [-0.1, -0.05) is 0 Å². The summed E-state index contributed by atoms with van der Waals surface area (Å²) in [6.07, 6.45) is 1.73. The number of hydrogen-bond acceptors (Lipinski definition) is 1. The van der Waals surface area contributed by atoms with Gasteiger partial charge >= 0.3 is 0 Å². The lowest BCUT2D eigenvalue weighted by Gasteiger charge is -1.97. The van der Waals surface area contributed by atoms with E-state index in [2.05, 4.69) is 4.98 Å². The van der Waals surface area contributed by atoms with E-state index in [9.17, 15) is 0 Å². The summed E-state index contributed by atoms with van der Waals surface area (Å²) in [6.45, 7) is 0. The second kappa shape index (κ2) is 2.31. The number of nitrogens with one attached hydrogen (secondary N) is 1. The van der Waals surface area contributed by atoms with Gasteiger partial charge in [-0.25, -0.2) is 0 Å². The van der Waals surface area contributed by atoms with Crippen molar-refractivity contribution in [1.29, 1.82) is 0 Å². The fraction of sp³-hybridized carbons (Fsp3) is 0.111. The molecule has 2 rings (SSSR count). The van der Waals surface area contributed by atoms with E-state index in [4.69, 9.17) is 10.2 Å². The monoisotopic (exact) mass is 151 g/mol. The summed E-state index contributed by atoms with van der Waals surface area (Å²) >= 11 is 0. The van der Waals surface area contributed by atoms with Gasteiger partial charge < -0.3 is 9.72 Å². The number of fused-ring (bicyclic) bond motifs is 1. The maximum atomic E-state index is 7.58. The van der Waals surface area contributed by atoms with Crippen LogP contribution in [0.25, 0.3) is 10.9 Å². The molecule has 1 aromatic heterocycles. The highest BCUT2D eigenvalue weighted by Gasteiger charge is 1.94. The lowest BCUT2D eigenvalue weighted by Crippen LogP contribution is -1.80. The van der Waals surface area contributed by atoms with Gasteiger partial charge in [0.1, 0.15) is 5.75 Å². The lowest BCUT2D eigenvalue weighted by atomic mass is 10.2. The minimum absolute atomic E-state index is 0.0601. The van der Waals surface area contributed by atoms with Crippen LogP contribution in [-0.2, 0) is 0 Å². The number of H-pyrrole nitrogens is 1. The Morgan fingerprint density at radius 2 is 2.64 bits per heavy atom. The van der Waals surface area contributed by atoms with Crippen LogP contribution >= 0.6 is 0 Å². The molecule has 2 nitrogen and oxygen atoms in total. The standard InChI is InChI=1S/C9H9NO/c1-11-8-3-2-7-4-5-10-9(7)6-8/h2-6,10H,1H3/i1D3,3D. The Hall–Kier alpha value is -1.44. The summed E-state index contributed by atoms with van der Waals surface area (Å²) in [5, 5.41) is 0.859. The number of benzene rings is 1. The highest BCUT2D eigenvalue weighted by Crippen LogP contribution is 2.18. The summed E-state index contributed by atoms with van der Waals surface area (Å²) in [7, 11) is -2.52. The molecule has 0 saturated heterocycles. The largest absolute Gasteiger partial charge is 0.497 e. The number of methoxy groups -OCH3 is 1. The fourth-order valence-corrected chi connectivity index (χ4v) is 1.03. The normalized spacial score (nSPS) is 16.7. The van der Waals surface area contributed by atoms with E-state index in [-0.39, 0.29) is 11.8 Å². The highest BCUT2D eigenvalue weighted by atomic mass is 16.5. The zero-order valence-corrected chi connectivity index (χ0v) is 5.72. The molecule has 1 heterocycles. The number of rotatable bonds is 1. The zero-order chi connectivity index (χ0) is 11.1. The number of ether oxygens (including phenoxy) is 1. The molecule has 0 amide bonds. The molecule has 1 aromatic carbocycles. The Morgan fingerprint density at radius 3 is 3.55 bits per heavy atom. The van der Waals surface area contributed by atoms with E-state index >= 15 is 0 Å². The van der Waals surface area contributed by atoms with Crippen LogP contribution in [0.5, 0.6) is 5.75 Å². The molecule has 0 spiro atoms. The highest BCUT2D eigenvalue weighted by molar-refractivity contribution is 5.80. The topological polar surface area (TPSA) is 25.0 Å². The van der Waals surface area contributed by atoms with E-state index in [0.717, 1.165) is 10.9 Å². The molecular formula is C9H9NO. The van der Waals surface area contributed by atoms with Crippen molar-refractivity contribution in [1.82, 2.24) is 4.98 Å². The molecule has 2 heteroatoms. The van der Waals surface area contributed by atoms with E-state index < -0.39 is 7.04 Å². The van der Waals surface area contributed by atoms with E-state index in [1.807, 2.05) is 6.07 Å². The van der Waals surface area contributed by atoms with Crippen LogP contribution in [0, 0.1) is 0 Å². The average Bonchev–Trinajstić information content (AvgIpc) is 2.49. The molecular weight excluding hydrogens is 138 g/mol. The summed E-state index contributed by atoms with van der Waals surface area (Å²) in [5.41, 5.74) is 0.755. The summed E-state index contributed by atoms with van der Waals surface area (Å²) < 4.78 is 33.1. The average molecular weight is 151 g/mol. The summed E-state index contributed by atoms with van der Waals surface area (Å²) in [4.78, 5) is 2.93. The number of aromatic nitrogens is 1. The third-order valence-electron chi connectivity index (χ3n) is 1.57. The fourth-order valence-electron chi connectivity index (χ4n) is 1.03. The van der Waals surface area contributed by atoms with Crippen molar-refractivity contribution in [2.24, 2.45) is 0 Å². The molecule has 56 valence electrons. The van der Waals surface area contributed by atoms with Gasteiger partial charge in [-0.15, -0.1) is 0 Å². The second-order valence-corrected chi connectivity index (χ2v) is 2.25. The SMILES string of the molecule is [2H]c1cc2cc[nH]c2cc1OC([2H])([2H])[2H]. The van der Waals surface area contributed by atoms with Gasteiger partial charge in [-0.2, -0.15) is 0 Å². The molecule has 1 N–H and O–H groups in total. The van der Waals surface area contributed by atoms with Gasteiger partial charge in [-0.3, -0.25) is 0 Å². The maximum Gasteiger partial charge on any atom is 0.120 e. The molecule has 2 aromatic rings. The maximum absolute atomic E-state index is 7.58. The van der Waals surface area contributed by atoms with Crippen LogP contribution in [0.2, 0.25) is 0 Å². The lowest BCUT2D eigenvalue weighted by molar-refractivity contribution is 0.415. The first-order valence-corrected chi connectivity index (χ1v) is 3.22. The van der Waals surface area contributed by atoms with E-state index in [1.54, 1.807) is 12.3 Å². The number of aromatic amines is 1. The smallest absolute Gasteiger partial charge is 0.120 e. The van der Waals surface area contributed by atoms with Crippen molar-refractivity contribution in [3.05, 3.63) is 30.4 Å². The van der Waals surface area contributed by atoms with E-state index in [1.165, 1.54) is 6.07 Å². The molecule has 0 aliphatic rings. The molecule has 0 bridgehead atoms. The Labute approximate surface area is 70.4 Å². The molecule has 0 fully saturated rings. The van der Waals surface area contributed by atoms with Crippen LogP contribution in [-0.4, -0.2) is 12.0 Å². The number of hydrogen-bond donors (Lipinski definition) is 1. The van der Waals surface area contributed by atoms with Crippen molar-refractivity contribution in [2.75, 3.05) is 7.04 Å². The molecule has 0 unspecified atom stereocenters. The van der Waals surface area contributed by atoms with Crippen molar-refractivity contribution in [3.63, 3.8) is 0 Å². The predicted molar refractivity (Wildman–Crippen MR) is 44.9 cm³/mol. The second-order valence-electron chi connectivity index (χ2n) is 2.25. The minimum Gasteiger partial charge on any atom is -0.497 e. The Balaban J connectivity index is 2.46. The molecule has 0 atom stereocenters. The first kappa shape index (κ1) is 3.30. The summed E-state index contributed by atoms with van der Waals surface area (Å²) in [5.74, 6) is 0.0601. The van der Waals surface area contributed by atoms with Crippen molar-refractivity contribution in [2.45, 2.75) is 0 Å². The van der Waals surface area contributed by atoms with Crippen LogP contribution in [0.3, 0.4) is 0 Å². The first-order valence-electron chi connectivity index (χ1n) is 5.22. The van der Waals surface area contributed by atoms with Gasteiger partial charge in [-0.05, 0) is 23.6 Å². The van der Waals surface area contributed by atoms with Crippen molar-refractivity contribution < 1.29 is 10.2 Å². The molecule has 11 heavy (non-hydrogen) atoms. The Morgan fingerprint density at radius 1 is 1.64 bits per heavy atom. The predicted octanol–water partition coefficient (Wildman–Crippen LogP) is 2.18. The van der Waals surface area contributed by atoms with Crippen LogP contribution < -0.4 is 4.74 Å². The van der Waals surface area contributed by atoms with Gasteiger partial charge in [0, 0.05) is 17.8 Å². The van der Waals surface area contributed by atoms with Crippen molar-refractivity contribution >= 4 is 10.9 Å². The molecule has 0 aliphatic carbocycles. The molecule has 0 saturated carbocycles. The van der Waals surface area contributed by atoms with Crippen LogP contribution in [0.15, 0.2) is 30.4 Å². The zero-order valence-electron chi connectivity index (χ0n) is 9.72. The Kier molecular flexibility index (Phi) is 0.693.